The molecular weight excluding hydrogens is 394 g/mol. The van der Waals surface area contributed by atoms with E-state index in [9.17, 15) is 18.0 Å². The first-order chi connectivity index (χ1) is 13.7. The van der Waals surface area contributed by atoms with Gasteiger partial charge in [0.1, 0.15) is 5.75 Å². The van der Waals surface area contributed by atoms with Crippen molar-refractivity contribution in [1.29, 1.82) is 0 Å². The second-order valence-corrected chi connectivity index (χ2v) is 8.38. The van der Waals surface area contributed by atoms with Crippen molar-refractivity contribution in [1.82, 2.24) is 5.32 Å². The molecule has 0 atom stereocenters. The SMILES string of the molecule is CCCNC(=O)c1ccccc1NC(=O)COc1ccc(N(C)S(C)(=O)=O)cc1. The average molecular weight is 420 g/mol. The Morgan fingerprint density at radius 3 is 2.34 bits per heavy atom. The van der Waals surface area contributed by atoms with E-state index in [4.69, 9.17) is 4.74 Å². The van der Waals surface area contributed by atoms with Crippen LogP contribution in [0.5, 0.6) is 5.75 Å². The largest absolute Gasteiger partial charge is 0.484 e. The van der Waals surface area contributed by atoms with Gasteiger partial charge < -0.3 is 15.4 Å². The molecule has 9 heteroatoms. The quantitative estimate of drug-likeness (QED) is 0.649. The highest BCUT2D eigenvalue weighted by Crippen LogP contribution is 2.20. The first kappa shape index (κ1) is 22.2. The van der Waals surface area contributed by atoms with E-state index in [1.807, 2.05) is 6.92 Å². The van der Waals surface area contributed by atoms with E-state index in [1.54, 1.807) is 48.5 Å². The first-order valence-corrected chi connectivity index (χ1v) is 10.9. The van der Waals surface area contributed by atoms with E-state index in [0.29, 0.717) is 29.2 Å². The minimum absolute atomic E-state index is 0.255. The van der Waals surface area contributed by atoms with Gasteiger partial charge in [-0.1, -0.05) is 19.1 Å². The van der Waals surface area contributed by atoms with E-state index >= 15 is 0 Å². The van der Waals surface area contributed by atoms with Crippen molar-refractivity contribution in [3.63, 3.8) is 0 Å². The summed E-state index contributed by atoms with van der Waals surface area (Å²) >= 11 is 0. The van der Waals surface area contributed by atoms with Gasteiger partial charge in [0.15, 0.2) is 6.61 Å². The van der Waals surface area contributed by atoms with E-state index in [-0.39, 0.29) is 12.5 Å². The number of carbonyl (C=O) groups excluding carboxylic acids is 2. The molecule has 0 aliphatic carbocycles. The molecule has 2 rings (SSSR count). The standard InChI is InChI=1S/C20H25N3O5S/c1-4-13-21-20(25)17-7-5-6-8-18(17)22-19(24)14-28-16-11-9-15(10-12-16)23(2)29(3,26)27/h5-12H,4,13-14H2,1-3H3,(H,21,25)(H,22,24). The number of ether oxygens (including phenoxy) is 1. The summed E-state index contributed by atoms with van der Waals surface area (Å²) < 4.78 is 29.7. The number of nitrogens with one attached hydrogen (secondary N) is 2. The second-order valence-electron chi connectivity index (χ2n) is 6.36. The molecule has 0 aromatic heterocycles. The number of carbonyl (C=O) groups is 2. The molecule has 0 bridgehead atoms. The van der Waals surface area contributed by atoms with Crippen molar-refractivity contribution in [3.8, 4) is 5.75 Å². The topological polar surface area (TPSA) is 105 Å². The van der Waals surface area contributed by atoms with Gasteiger partial charge in [-0.3, -0.25) is 13.9 Å². The number of anilines is 2. The Morgan fingerprint density at radius 2 is 1.72 bits per heavy atom. The lowest BCUT2D eigenvalue weighted by atomic mass is 10.1. The zero-order valence-electron chi connectivity index (χ0n) is 16.6. The summed E-state index contributed by atoms with van der Waals surface area (Å²) in [6.07, 6.45) is 1.93. The number of sulfonamides is 1. The molecule has 29 heavy (non-hydrogen) atoms. The van der Waals surface area contributed by atoms with Crippen LogP contribution in [-0.2, 0) is 14.8 Å². The Labute approximate surface area is 170 Å². The lowest BCUT2D eigenvalue weighted by Gasteiger charge is -2.17. The Balaban J connectivity index is 1.96. The van der Waals surface area contributed by atoms with Gasteiger partial charge >= 0.3 is 0 Å². The number of nitrogens with zero attached hydrogens (tertiary/aromatic N) is 1. The molecule has 0 unspecified atom stereocenters. The van der Waals surface area contributed by atoms with Crippen molar-refractivity contribution in [2.75, 3.05) is 36.1 Å². The van der Waals surface area contributed by atoms with E-state index in [1.165, 1.54) is 7.05 Å². The Kier molecular flexibility index (Phi) is 7.60. The zero-order valence-corrected chi connectivity index (χ0v) is 17.5. The molecule has 0 aliphatic rings. The van der Waals surface area contributed by atoms with Crippen LogP contribution in [0.2, 0.25) is 0 Å². The first-order valence-electron chi connectivity index (χ1n) is 9.06. The fourth-order valence-corrected chi connectivity index (χ4v) is 2.91. The summed E-state index contributed by atoms with van der Waals surface area (Å²) in [4.78, 5) is 24.4. The smallest absolute Gasteiger partial charge is 0.262 e. The molecule has 2 N–H and O–H groups in total. The molecule has 0 radical (unpaired) electrons. The number of para-hydroxylation sites is 1. The molecule has 0 spiro atoms. The maximum atomic E-state index is 12.2. The highest BCUT2D eigenvalue weighted by molar-refractivity contribution is 7.92. The van der Waals surface area contributed by atoms with Gasteiger partial charge in [-0.15, -0.1) is 0 Å². The fourth-order valence-electron chi connectivity index (χ4n) is 2.40. The molecule has 0 heterocycles. The van der Waals surface area contributed by atoms with Crippen molar-refractivity contribution in [3.05, 3.63) is 54.1 Å². The van der Waals surface area contributed by atoms with E-state index in [0.717, 1.165) is 17.0 Å². The maximum absolute atomic E-state index is 12.2. The summed E-state index contributed by atoms with van der Waals surface area (Å²) in [6, 6.07) is 13.1. The predicted molar refractivity (Wildman–Crippen MR) is 113 cm³/mol. The lowest BCUT2D eigenvalue weighted by molar-refractivity contribution is -0.118. The van der Waals surface area contributed by atoms with Crippen LogP contribution in [0, 0.1) is 0 Å². The summed E-state index contributed by atoms with van der Waals surface area (Å²) in [7, 11) is -1.90. The lowest BCUT2D eigenvalue weighted by Crippen LogP contribution is -2.27. The van der Waals surface area contributed by atoms with Crippen molar-refractivity contribution >= 4 is 33.2 Å². The van der Waals surface area contributed by atoms with Crippen molar-refractivity contribution in [2.24, 2.45) is 0 Å². The molecule has 0 saturated carbocycles. The van der Waals surface area contributed by atoms with Crippen LogP contribution in [0.25, 0.3) is 0 Å². The number of hydrogen-bond acceptors (Lipinski definition) is 5. The van der Waals surface area contributed by atoms with Gasteiger partial charge in [0, 0.05) is 13.6 Å². The van der Waals surface area contributed by atoms with Gasteiger partial charge in [-0.05, 0) is 42.8 Å². The highest BCUT2D eigenvalue weighted by atomic mass is 32.2. The van der Waals surface area contributed by atoms with E-state index in [2.05, 4.69) is 10.6 Å². The predicted octanol–water partition coefficient (Wildman–Crippen LogP) is 2.24. The Hall–Kier alpha value is -3.07. The Morgan fingerprint density at radius 1 is 1.07 bits per heavy atom. The van der Waals surface area contributed by atoms with Gasteiger partial charge in [-0.2, -0.15) is 0 Å². The number of rotatable bonds is 9. The number of benzene rings is 2. The Bertz CT molecular complexity index is 958. The van der Waals surface area contributed by atoms with Crippen LogP contribution in [0.4, 0.5) is 11.4 Å². The summed E-state index contributed by atoms with van der Waals surface area (Å²) in [6.45, 7) is 2.25. The molecule has 156 valence electrons. The summed E-state index contributed by atoms with van der Waals surface area (Å²) in [5.41, 5.74) is 1.26. The molecule has 2 aromatic carbocycles. The summed E-state index contributed by atoms with van der Waals surface area (Å²) in [5, 5.41) is 5.45. The van der Waals surface area contributed by atoms with Crippen LogP contribution < -0.4 is 19.7 Å². The molecular formula is C20H25N3O5S. The molecule has 2 aromatic rings. The van der Waals surface area contributed by atoms with Crippen LogP contribution in [-0.4, -0.2) is 46.7 Å². The van der Waals surface area contributed by atoms with Crippen LogP contribution in [0.1, 0.15) is 23.7 Å². The van der Waals surface area contributed by atoms with Gasteiger partial charge in [0.05, 0.1) is 23.2 Å². The third kappa shape index (κ3) is 6.49. The monoisotopic (exact) mass is 419 g/mol. The van der Waals surface area contributed by atoms with Gasteiger partial charge in [0.25, 0.3) is 11.8 Å². The molecule has 0 aliphatic heterocycles. The number of hydrogen-bond donors (Lipinski definition) is 2. The minimum Gasteiger partial charge on any atom is -0.484 e. The number of amides is 2. The van der Waals surface area contributed by atoms with Crippen LogP contribution >= 0.6 is 0 Å². The summed E-state index contributed by atoms with van der Waals surface area (Å²) in [5.74, 6) is -0.257. The third-order valence-electron chi connectivity index (χ3n) is 4.05. The third-order valence-corrected chi connectivity index (χ3v) is 5.25. The van der Waals surface area contributed by atoms with E-state index < -0.39 is 15.9 Å². The minimum atomic E-state index is -3.35. The van der Waals surface area contributed by atoms with Crippen LogP contribution in [0.3, 0.4) is 0 Å². The highest BCUT2D eigenvalue weighted by Gasteiger charge is 2.14. The van der Waals surface area contributed by atoms with Gasteiger partial charge in [0.2, 0.25) is 10.0 Å². The second kappa shape index (κ2) is 9.92. The zero-order chi connectivity index (χ0) is 21.4. The van der Waals surface area contributed by atoms with Crippen molar-refractivity contribution in [2.45, 2.75) is 13.3 Å². The van der Waals surface area contributed by atoms with Gasteiger partial charge in [-0.25, -0.2) is 8.42 Å². The van der Waals surface area contributed by atoms with Crippen LogP contribution in [0.15, 0.2) is 48.5 Å². The average Bonchev–Trinajstić information content (AvgIpc) is 2.70. The van der Waals surface area contributed by atoms with Crippen molar-refractivity contribution < 1.29 is 22.7 Å². The maximum Gasteiger partial charge on any atom is 0.262 e. The molecule has 8 nitrogen and oxygen atoms in total. The fraction of sp³-hybridized carbons (Fsp3) is 0.300. The molecule has 0 fully saturated rings. The normalized spacial score (nSPS) is 10.9. The molecule has 0 saturated heterocycles. The molecule has 2 amide bonds.